The van der Waals surface area contributed by atoms with Crippen LogP contribution in [0.1, 0.15) is 47.0 Å². The molecule has 4 atom stereocenters. The molecule has 0 bridgehead atoms. The minimum atomic E-state index is 0.328. The topological polar surface area (TPSA) is 24.5 Å². The van der Waals surface area contributed by atoms with E-state index in [1.54, 1.807) is 0 Å². The van der Waals surface area contributed by atoms with Crippen LogP contribution in [0.5, 0.6) is 0 Å². The van der Waals surface area contributed by atoms with E-state index in [0.717, 1.165) is 24.9 Å². The van der Waals surface area contributed by atoms with Crippen LogP contribution in [-0.2, 0) is 4.74 Å². The quantitative estimate of drug-likeness (QED) is 0.801. The molecule has 0 aromatic carbocycles. The number of nitrogens with zero attached hydrogens (tertiary/aromatic N) is 1. The van der Waals surface area contributed by atoms with Crippen molar-refractivity contribution in [3.63, 3.8) is 0 Å². The Hall–Kier alpha value is -0.120. The molecule has 1 N–H and O–H groups in total. The highest BCUT2D eigenvalue weighted by Crippen LogP contribution is 2.44. The van der Waals surface area contributed by atoms with E-state index in [2.05, 4.69) is 37.9 Å². The molecule has 2 rings (SSSR count). The highest BCUT2D eigenvalue weighted by Gasteiger charge is 2.48. The van der Waals surface area contributed by atoms with Gasteiger partial charge in [0.2, 0.25) is 0 Å². The second-order valence-electron chi connectivity index (χ2n) is 6.96. The van der Waals surface area contributed by atoms with Gasteiger partial charge < -0.3 is 10.1 Å². The Balaban J connectivity index is 2.05. The third kappa shape index (κ3) is 3.32. The van der Waals surface area contributed by atoms with Gasteiger partial charge in [-0.05, 0) is 38.5 Å². The van der Waals surface area contributed by atoms with Gasteiger partial charge in [0.1, 0.15) is 0 Å². The van der Waals surface area contributed by atoms with Gasteiger partial charge in [-0.2, -0.15) is 0 Å². The molecular formula is C16H32N2O. The lowest BCUT2D eigenvalue weighted by molar-refractivity contribution is -0.0169. The Morgan fingerprint density at radius 3 is 2.58 bits per heavy atom. The van der Waals surface area contributed by atoms with Crippen LogP contribution in [0, 0.1) is 11.8 Å². The molecule has 1 aliphatic carbocycles. The van der Waals surface area contributed by atoms with Crippen LogP contribution in [-0.4, -0.2) is 49.3 Å². The van der Waals surface area contributed by atoms with E-state index in [0.29, 0.717) is 17.7 Å². The van der Waals surface area contributed by atoms with Gasteiger partial charge in [-0.25, -0.2) is 0 Å². The fourth-order valence-corrected chi connectivity index (χ4v) is 3.40. The van der Waals surface area contributed by atoms with Crippen LogP contribution in [0.15, 0.2) is 0 Å². The molecule has 1 aliphatic heterocycles. The zero-order chi connectivity index (χ0) is 14.0. The summed E-state index contributed by atoms with van der Waals surface area (Å²) in [5, 5.41) is 3.82. The Morgan fingerprint density at radius 2 is 2.05 bits per heavy atom. The summed E-state index contributed by atoms with van der Waals surface area (Å²) in [6, 6.07) is 0.640. The van der Waals surface area contributed by atoms with Gasteiger partial charge in [0.25, 0.3) is 0 Å². The molecule has 1 saturated carbocycles. The molecule has 0 amide bonds. The first-order valence-corrected chi connectivity index (χ1v) is 8.02. The van der Waals surface area contributed by atoms with Crippen LogP contribution in [0.3, 0.4) is 0 Å². The minimum Gasteiger partial charge on any atom is -0.380 e. The van der Waals surface area contributed by atoms with Crippen LogP contribution in [0.25, 0.3) is 0 Å². The van der Waals surface area contributed by atoms with E-state index in [1.165, 1.54) is 25.8 Å². The van der Waals surface area contributed by atoms with E-state index in [9.17, 15) is 0 Å². The monoisotopic (exact) mass is 268 g/mol. The Morgan fingerprint density at radius 1 is 1.37 bits per heavy atom. The predicted octanol–water partition coefficient (Wildman–Crippen LogP) is 2.51. The third-order valence-electron chi connectivity index (χ3n) is 5.53. The highest BCUT2D eigenvalue weighted by molar-refractivity contribution is 5.05. The van der Waals surface area contributed by atoms with Gasteiger partial charge in [0, 0.05) is 38.3 Å². The summed E-state index contributed by atoms with van der Waals surface area (Å²) in [7, 11) is 1.83. The molecule has 0 radical (unpaired) electrons. The van der Waals surface area contributed by atoms with Crippen molar-refractivity contribution < 1.29 is 4.74 Å². The van der Waals surface area contributed by atoms with E-state index in [4.69, 9.17) is 4.74 Å². The van der Waals surface area contributed by atoms with Crippen LogP contribution >= 0.6 is 0 Å². The number of ether oxygens (including phenoxy) is 1. The zero-order valence-corrected chi connectivity index (χ0v) is 13.4. The minimum absolute atomic E-state index is 0.328. The van der Waals surface area contributed by atoms with Crippen molar-refractivity contribution >= 4 is 0 Å². The molecular weight excluding hydrogens is 236 g/mol. The second-order valence-corrected chi connectivity index (χ2v) is 6.96. The van der Waals surface area contributed by atoms with Gasteiger partial charge in [-0.15, -0.1) is 0 Å². The van der Waals surface area contributed by atoms with E-state index < -0.39 is 0 Å². The van der Waals surface area contributed by atoms with Crippen molar-refractivity contribution in [1.29, 1.82) is 0 Å². The molecule has 19 heavy (non-hydrogen) atoms. The van der Waals surface area contributed by atoms with Crippen molar-refractivity contribution in [2.45, 2.75) is 64.6 Å². The smallest absolute Gasteiger partial charge is 0.0670 e. The van der Waals surface area contributed by atoms with Gasteiger partial charge in [0.05, 0.1) is 6.10 Å². The lowest BCUT2D eigenvalue weighted by Gasteiger charge is -2.50. The number of hydrogen-bond donors (Lipinski definition) is 1. The number of rotatable bonds is 6. The SMILES string of the molecule is CCC(C)C1CN(CC(C)OC)C(C)(C2CC2)CN1. The molecule has 0 aromatic rings. The maximum Gasteiger partial charge on any atom is 0.0670 e. The largest absolute Gasteiger partial charge is 0.380 e. The van der Waals surface area contributed by atoms with Gasteiger partial charge in [-0.1, -0.05) is 20.3 Å². The zero-order valence-electron chi connectivity index (χ0n) is 13.4. The molecule has 0 aromatic heterocycles. The number of methoxy groups -OCH3 is 1. The molecule has 112 valence electrons. The molecule has 1 heterocycles. The molecule has 2 aliphatic rings. The van der Waals surface area contributed by atoms with Gasteiger partial charge in [0.15, 0.2) is 0 Å². The molecule has 2 fully saturated rings. The average Bonchev–Trinajstić information content (AvgIpc) is 3.25. The normalized spacial score (nSPS) is 36.2. The molecule has 3 heteroatoms. The number of nitrogens with one attached hydrogen (secondary N) is 1. The summed E-state index contributed by atoms with van der Waals surface area (Å²) >= 11 is 0. The molecule has 4 unspecified atom stereocenters. The fraction of sp³-hybridized carbons (Fsp3) is 1.00. The van der Waals surface area contributed by atoms with Crippen molar-refractivity contribution in [3.8, 4) is 0 Å². The Bertz CT molecular complexity index is 292. The maximum atomic E-state index is 5.51. The predicted molar refractivity (Wildman–Crippen MR) is 80.4 cm³/mol. The van der Waals surface area contributed by atoms with Crippen molar-refractivity contribution in [3.05, 3.63) is 0 Å². The van der Waals surface area contributed by atoms with Crippen LogP contribution in [0.2, 0.25) is 0 Å². The fourth-order valence-electron chi connectivity index (χ4n) is 3.40. The Labute approximate surface area is 119 Å². The van der Waals surface area contributed by atoms with Gasteiger partial charge in [-0.3, -0.25) is 4.90 Å². The average molecular weight is 268 g/mol. The second kappa shape index (κ2) is 6.11. The van der Waals surface area contributed by atoms with Crippen molar-refractivity contribution in [2.24, 2.45) is 11.8 Å². The molecule has 0 spiro atoms. The first kappa shape index (κ1) is 15.3. The summed E-state index contributed by atoms with van der Waals surface area (Å²) in [6.07, 6.45) is 4.40. The van der Waals surface area contributed by atoms with E-state index in [-0.39, 0.29) is 0 Å². The lowest BCUT2D eigenvalue weighted by atomic mass is 9.86. The van der Waals surface area contributed by atoms with Crippen molar-refractivity contribution in [2.75, 3.05) is 26.7 Å². The first-order valence-electron chi connectivity index (χ1n) is 8.02. The van der Waals surface area contributed by atoms with Crippen LogP contribution in [0.4, 0.5) is 0 Å². The third-order valence-corrected chi connectivity index (χ3v) is 5.53. The maximum absolute atomic E-state index is 5.51. The summed E-state index contributed by atoms with van der Waals surface area (Å²) in [5.41, 5.74) is 0.344. The standard InChI is InChI=1S/C16H32N2O/c1-6-12(2)15-10-18(9-13(3)19-5)16(4,11-17-15)14-7-8-14/h12-15,17H,6-11H2,1-5H3. The van der Waals surface area contributed by atoms with E-state index >= 15 is 0 Å². The van der Waals surface area contributed by atoms with Crippen LogP contribution < -0.4 is 5.32 Å². The number of hydrogen-bond acceptors (Lipinski definition) is 3. The van der Waals surface area contributed by atoms with E-state index in [1.807, 2.05) is 7.11 Å². The summed E-state index contributed by atoms with van der Waals surface area (Å²) < 4.78 is 5.51. The summed E-state index contributed by atoms with van der Waals surface area (Å²) in [4.78, 5) is 2.71. The summed E-state index contributed by atoms with van der Waals surface area (Å²) in [6.45, 7) is 12.7. The van der Waals surface area contributed by atoms with Crippen molar-refractivity contribution in [1.82, 2.24) is 10.2 Å². The highest BCUT2D eigenvalue weighted by atomic mass is 16.5. The lowest BCUT2D eigenvalue weighted by Crippen LogP contribution is -2.66. The number of piperazine rings is 1. The summed E-state index contributed by atoms with van der Waals surface area (Å²) in [5.74, 6) is 1.64. The molecule has 1 saturated heterocycles. The first-order chi connectivity index (χ1) is 9.01. The Kier molecular flexibility index (Phi) is 4.91. The van der Waals surface area contributed by atoms with Gasteiger partial charge >= 0.3 is 0 Å². The molecule has 3 nitrogen and oxygen atoms in total.